The van der Waals surface area contributed by atoms with Gasteiger partial charge in [0, 0.05) is 45.9 Å². The first kappa shape index (κ1) is 20.9. The van der Waals surface area contributed by atoms with Gasteiger partial charge in [0.25, 0.3) is 0 Å². The van der Waals surface area contributed by atoms with Crippen molar-refractivity contribution in [2.75, 3.05) is 53.2 Å². The number of hydrogen-bond acceptors (Lipinski definition) is 4. The zero-order valence-electron chi connectivity index (χ0n) is 14.2. The fraction of sp³-hybridized carbons (Fsp3) is 0.938. The van der Waals surface area contributed by atoms with Gasteiger partial charge in [-0.15, -0.1) is 24.0 Å². The molecule has 0 saturated carbocycles. The highest BCUT2D eigenvalue weighted by molar-refractivity contribution is 14.0. The van der Waals surface area contributed by atoms with Gasteiger partial charge in [0.1, 0.15) is 0 Å². The van der Waals surface area contributed by atoms with Gasteiger partial charge in [0.15, 0.2) is 5.96 Å². The Balaban J connectivity index is 0.00000264. The molecule has 0 radical (unpaired) electrons. The standard InChI is InChI=1S/C16H31N3O3.HI/c1-17-16(19-8-5-15-4-2-10-22-15)18-7-3-9-20-12-14-6-11-21-13-14;/h14-15H,2-13H2,1H3,(H2,17,18,19);1H. The molecule has 0 spiro atoms. The molecule has 2 N–H and O–H groups in total. The number of nitrogens with one attached hydrogen (secondary N) is 2. The first-order valence-corrected chi connectivity index (χ1v) is 8.60. The number of hydrogen-bond donors (Lipinski definition) is 2. The van der Waals surface area contributed by atoms with Crippen LogP contribution in [0.5, 0.6) is 0 Å². The van der Waals surface area contributed by atoms with Crippen LogP contribution in [0.1, 0.15) is 32.1 Å². The van der Waals surface area contributed by atoms with E-state index in [9.17, 15) is 0 Å². The van der Waals surface area contributed by atoms with E-state index in [4.69, 9.17) is 14.2 Å². The topological polar surface area (TPSA) is 64.1 Å². The van der Waals surface area contributed by atoms with Gasteiger partial charge in [-0.05, 0) is 32.1 Å². The number of halogens is 1. The van der Waals surface area contributed by atoms with Crippen molar-refractivity contribution in [3.8, 4) is 0 Å². The summed E-state index contributed by atoms with van der Waals surface area (Å²) in [5.41, 5.74) is 0. The van der Waals surface area contributed by atoms with Gasteiger partial charge in [-0.1, -0.05) is 0 Å². The maximum atomic E-state index is 5.68. The minimum atomic E-state index is 0. The molecule has 23 heavy (non-hydrogen) atoms. The van der Waals surface area contributed by atoms with Gasteiger partial charge in [-0.25, -0.2) is 0 Å². The Labute approximate surface area is 157 Å². The van der Waals surface area contributed by atoms with Crippen molar-refractivity contribution in [2.45, 2.75) is 38.2 Å². The van der Waals surface area contributed by atoms with Crippen LogP contribution in [-0.2, 0) is 14.2 Å². The quantitative estimate of drug-likeness (QED) is 0.247. The van der Waals surface area contributed by atoms with Crippen LogP contribution >= 0.6 is 24.0 Å². The molecule has 2 atom stereocenters. The summed E-state index contributed by atoms with van der Waals surface area (Å²) >= 11 is 0. The predicted octanol–water partition coefficient (Wildman–Crippen LogP) is 1.78. The molecule has 2 rings (SSSR count). The Morgan fingerprint density at radius 2 is 2.09 bits per heavy atom. The summed E-state index contributed by atoms with van der Waals surface area (Å²) in [6, 6.07) is 0. The Hall–Kier alpha value is -0.120. The number of rotatable bonds is 9. The zero-order chi connectivity index (χ0) is 15.5. The molecule has 0 aromatic carbocycles. The Morgan fingerprint density at radius 1 is 1.22 bits per heavy atom. The lowest BCUT2D eigenvalue weighted by atomic mass is 10.1. The van der Waals surface area contributed by atoms with E-state index in [0.717, 1.165) is 71.3 Å². The van der Waals surface area contributed by atoms with Crippen molar-refractivity contribution in [1.29, 1.82) is 0 Å². The van der Waals surface area contributed by atoms with E-state index in [2.05, 4.69) is 15.6 Å². The van der Waals surface area contributed by atoms with Crippen molar-refractivity contribution in [2.24, 2.45) is 10.9 Å². The summed E-state index contributed by atoms with van der Waals surface area (Å²) in [7, 11) is 1.80. The fourth-order valence-corrected chi connectivity index (χ4v) is 2.79. The highest BCUT2D eigenvalue weighted by atomic mass is 127. The average Bonchev–Trinajstić information content (AvgIpc) is 3.22. The van der Waals surface area contributed by atoms with E-state index >= 15 is 0 Å². The van der Waals surface area contributed by atoms with Crippen molar-refractivity contribution < 1.29 is 14.2 Å². The molecule has 0 amide bonds. The largest absolute Gasteiger partial charge is 0.381 e. The summed E-state index contributed by atoms with van der Waals surface area (Å²) in [5, 5.41) is 6.65. The summed E-state index contributed by atoms with van der Waals surface area (Å²) in [6.45, 7) is 6.07. The lowest BCUT2D eigenvalue weighted by Gasteiger charge is -2.14. The summed E-state index contributed by atoms with van der Waals surface area (Å²) in [4.78, 5) is 4.23. The van der Waals surface area contributed by atoms with Gasteiger partial charge in [0.2, 0.25) is 0 Å². The Kier molecular flexibility index (Phi) is 12.0. The monoisotopic (exact) mass is 441 g/mol. The molecule has 136 valence electrons. The third-order valence-corrected chi connectivity index (χ3v) is 4.14. The van der Waals surface area contributed by atoms with Crippen LogP contribution in [0.4, 0.5) is 0 Å². The second-order valence-corrected chi connectivity index (χ2v) is 6.01. The zero-order valence-corrected chi connectivity index (χ0v) is 16.6. The molecule has 0 bridgehead atoms. The molecule has 2 unspecified atom stereocenters. The minimum Gasteiger partial charge on any atom is -0.381 e. The highest BCUT2D eigenvalue weighted by Gasteiger charge is 2.15. The first-order chi connectivity index (χ1) is 10.9. The molecule has 2 aliphatic heterocycles. The van der Waals surface area contributed by atoms with Gasteiger partial charge in [0.05, 0.1) is 19.3 Å². The predicted molar refractivity (Wildman–Crippen MR) is 103 cm³/mol. The van der Waals surface area contributed by atoms with Gasteiger partial charge >= 0.3 is 0 Å². The van der Waals surface area contributed by atoms with E-state index in [1.54, 1.807) is 7.05 Å². The van der Waals surface area contributed by atoms with Gasteiger partial charge in [-0.3, -0.25) is 4.99 Å². The molecular weight excluding hydrogens is 409 g/mol. The van der Waals surface area contributed by atoms with Crippen molar-refractivity contribution in [1.82, 2.24) is 10.6 Å². The van der Waals surface area contributed by atoms with Crippen LogP contribution in [0.15, 0.2) is 4.99 Å². The summed E-state index contributed by atoms with van der Waals surface area (Å²) < 4.78 is 16.6. The maximum absolute atomic E-state index is 5.68. The van der Waals surface area contributed by atoms with E-state index < -0.39 is 0 Å². The fourth-order valence-electron chi connectivity index (χ4n) is 2.79. The molecule has 6 nitrogen and oxygen atoms in total. The number of nitrogens with zero attached hydrogens (tertiary/aromatic N) is 1. The molecule has 2 saturated heterocycles. The summed E-state index contributed by atoms with van der Waals surface area (Å²) in [6.07, 6.45) is 5.99. The SMILES string of the molecule is CN=C(NCCCOCC1CCOC1)NCCC1CCCO1.I. The third kappa shape index (κ3) is 9.07. The molecule has 7 heteroatoms. The molecule has 0 aromatic rings. The normalized spacial score (nSPS) is 24.5. The second kappa shape index (κ2) is 13.2. The van der Waals surface area contributed by atoms with E-state index in [1.165, 1.54) is 12.8 Å². The van der Waals surface area contributed by atoms with E-state index in [1.807, 2.05) is 0 Å². The highest BCUT2D eigenvalue weighted by Crippen LogP contribution is 2.14. The van der Waals surface area contributed by atoms with Crippen LogP contribution in [0.3, 0.4) is 0 Å². The van der Waals surface area contributed by atoms with Crippen LogP contribution < -0.4 is 10.6 Å². The maximum Gasteiger partial charge on any atom is 0.190 e. The second-order valence-electron chi connectivity index (χ2n) is 6.01. The molecule has 0 aliphatic carbocycles. The Morgan fingerprint density at radius 3 is 2.78 bits per heavy atom. The lowest BCUT2D eigenvalue weighted by molar-refractivity contribution is 0.0888. The Bertz CT molecular complexity index is 320. The van der Waals surface area contributed by atoms with Crippen molar-refractivity contribution in [3.63, 3.8) is 0 Å². The molecular formula is C16H32IN3O3. The third-order valence-electron chi connectivity index (χ3n) is 4.14. The van der Waals surface area contributed by atoms with Crippen LogP contribution in [0.2, 0.25) is 0 Å². The minimum absolute atomic E-state index is 0. The van der Waals surface area contributed by atoms with Gasteiger partial charge in [-0.2, -0.15) is 0 Å². The summed E-state index contributed by atoms with van der Waals surface area (Å²) in [5.74, 6) is 1.46. The molecule has 0 aromatic heterocycles. The smallest absolute Gasteiger partial charge is 0.190 e. The molecule has 2 aliphatic rings. The van der Waals surface area contributed by atoms with Crippen molar-refractivity contribution in [3.05, 3.63) is 0 Å². The van der Waals surface area contributed by atoms with Gasteiger partial charge < -0.3 is 24.8 Å². The van der Waals surface area contributed by atoms with Crippen LogP contribution in [0, 0.1) is 5.92 Å². The lowest BCUT2D eigenvalue weighted by Crippen LogP contribution is -2.39. The molecule has 2 heterocycles. The van der Waals surface area contributed by atoms with Crippen LogP contribution in [0.25, 0.3) is 0 Å². The van der Waals surface area contributed by atoms with E-state index in [0.29, 0.717) is 12.0 Å². The number of guanidine groups is 1. The van der Waals surface area contributed by atoms with E-state index in [-0.39, 0.29) is 24.0 Å². The first-order valence-electron chi connectivity index (χ1n) is 8.60. The molecule has 2 fully saturated rings. The average molecular weight is 441 g/mol. The number of ether oxygens (including phenoxy) is 3. The van der Waals surface area contributed by atoms with Crippen molar-refractivity contribution >= 4 is 29.9 Å². The van der Waals surface area contributed by atoms with Crippen LogP contribution in [-0.4, -0.2) is 65.2 Å². The number of aliphatic imine (C=N–C) groups is 1.